The molecule has 0 unspecified atom stereocenters. The number of nitrogens with zero attached hydrogens (tertiary/aromatic N) is 4. The number of carbonyl (C=O) groups is 1. The zero-order valence-electron chi connectivity index (χ0n) is 13.8. The Morgan fingerprint density at radius 2 is 2.17 bits per heavy atom. The Hall–Kier alpha value is -2.13. The van der Waals surface area contributed by atoms with E-state index in [4.69, 9.17) is 0 Å². The zero-order chi connectivity index (χ0) is 17.4. The first-order chi connectivity index (χ1) is 11.4. The fraction of sp³-hybridized carbons (Fsp3) is 0.400. The van der Waals surface area contributed by atoms with Gasteiger partial charge in [-0.25, -0.2) is 4.98 Å². The van der Waals surface area contributed by atoms with E-state index in [0.29, 0.717) is 27.2 Å². The molecule has 0 saturated carbocycles. The second-order valence-electron chi connectivity index (χ2n) is 5.82. The molecule has 3 heterocycles. The number of hydrogen-bond donors (Lipinski definition) is 1. The van der Waals surface area contributed by atoms with Gasteiger partial charge in [-0.15, -0.1) is 16.4 Å². The molecule has 24 heavy (non-hydrogen) atoms. The SMILES string of the molecule is Cc1c(C(=O)NCc2snnc2C(C)C)sc2ncn(C)c(=O)c12. The van der Waals surface area contributed by atoms with Crippen LogP contribution in [0.1, 0.15) is 45.6 Å². The Morgan fingerprint density at radius 1 is 1.42 bits per heavy atom. The second kappa shape index (κ2) is 6.40. The van der Waals surface area contributed by atoms with Crippen LogP contribution in [-0.2, 0) is 13.6 Å². The third kappa shape index (κ3) is 2.84. The molecule has 9 heteroatoms. The van der Waals surface area contributed by atoms with Crippen molar-refractivity contribution in [2.75, 3.05) is 0 Å². The largest absolute Gasteiger partial charge is 0.346 e. The summed E-state index contributed by atoms with van der Waals surface area (Å²) in [6.07, 6.45) is 1.47. The lowest BCUT2D eigenvalue weighted by Crippen LogP contribution is -2.23. The van der Waals surface area contributed by atoms with E-state index in [9.17, 15) is 9.59 Å². The maximum Gasteiger partial charge on any atom is 0.262 e. The fourth-order valence-electron chi connectivity index (χ4n) is 2.44. The van der Waals surface area contributed by atoms with Crippen molar-refractivity contribution in [2.24, 2.45) is 7.05 Å². The van der Waals surface area contributed by atoms with Crippen molar-refractivity contribution in [2.45, 2.75) is 33.2 Å². The summed E-state index contributed by atoms with van der Waals surface area (Å²) in [5, 5.41) is 7.52. The number of fused-ring (bicyclic) bond motifs is 1. The quantitative estimate of drug-likeness (QED) is 0.767. The van der Waals surface area contributed by atoms with Crippen molar-refractivity contribution >= 4 is 39.0 Å². The van der Waals surface area contributed by atoms with Gasteiger partial charge in [0.1, 0.15) is 4.83 Å². The maximum absolute atomic E-state index is 12.5. The van der Waals surface area contributed by atoms with E-state index in [-0.39, 0.29) is 17.4 Å². The van der Waals surface area contributed by atoms with Gasteiger partial charge in [-0.05, 0) is 29.9 Å². The Labute approximate surface area is 146 Å². The standard InChI is InChI=1S/C15H17N5O2S2/c1-7(2)11-9(24-19-18-11)5-16-13(21)12-8(3)10-14(23-12)17-6-20(4)15(10)22/h6-7H,5H2,1-4H3,(H,16,21). The van der Waals surface area contributed by atoms with Crippen LogP contribution < -0.4 is 10.9 Å². The molecule has 0 bridgehead atoms. The van der Waals surface area contributed by atoms with Crippen molar-refractivity contribution in [1.82, 2.24) is 24.5 Å². The van der Waals surface area contributed by atoms with Crippen LogP contribution in [0.4, 0.5) is 0 Å². The highest BCUT2D eigenvalue weighted by Gasteiger charge is 2.20. The highest BCUT2D eigenvalue weighted by molar-refractivity contribution is 7.20. The van der Waals surface area contributed by atoms with E-state index in [1.165, 1.54) is 33.8 Å². The van der Waals surface area contributed by atoms with Crippen molar-refractivity contribution < 1.29 is 4.79 Å². The third-order valence-corrected chi connectivity index (χ3v) is 5.69. The van der Waals surface area contributed by atoms with E-state index in [0.717, 1.165) is 10.6 Å². The lowest BCUT2D eigenvalue weighted by Gasteiger charge is -2.06. The molecule has 0 atom stereocenters. The summed E-state index contributed by atoms with van der Waals surface area (Å²) in [7, 11) is 1.65. The third-order valence-electron chi connectivity index (χ3n) is 3.76. The average molecular weight is 363 g/mol. The van der Waals surface area contributed by atoms with Gasteiger partial charge in [-0.3, -0.25) is 9.59 Å². The van der Waals surface area contributed by atoms with Crippen LogP contribution in [0.3, 0.4) is 0 Å². The summed E-state index contributed by atoms with van der Waals surface area (Å²) in [5.41, 5.74) is 1.44. The molecule has 3 aromatic heterocycles. The van der Waals surface area contributed by atoms with Crippen molar-refractivity contribution in [3.8, 4) is 0 Å². The van der Waals surface area contributed by atoms with Crippen molar-refractivity contribution in [1.29, 1.82) is 0 Å². The minimum Gasteiger partial charge on any atom is -0.346 e. The highest BCUT2D eigenvalue weighted by Crippen LogP contribution is 2.27. The van der Waals surface area contributed by atoms with Crippen LogP contribution in [0.15, 0.2) is 11.1 Å². The number of hydrogen-bond acceptors (Lipinski definition) is 7. The molecule has 0 aliphatic heterocycles. The van der Waals surface area contributed by atoms with Gasteiger partial charge in [0.2, 0.25) is 0 Å². The van der Waals surface area contributed by atoms with Gasteiger partial charge in [0.15, 0.2) is 0 Å². The molecule has 0 spiro atoms. The van der Waals surface area contributed by atoms with E-state index >= 15 is 0 Å². The molecule has 0 aliphatic rings. The van der Waals surface area contributed by atoms with Crippen molar-refractivity contribution in [3.05, 3.63) is 37.7 Å². The molecule has 1 amide bonds. The number of aromatic nitrogens is 4. The molecule has 1 N–H and O–H groups in total. The summed E-state index contributed by atoms with van der Waals surface area (Å²) in [4.78, 5) is 31.1. The molecular weight excluding hydrogens is 346 g/mol. The highest BCUT2D eigenvalue weighted by atomic mass is 32.1. The van der Waals surface area contributed by atoms with Crippen LogP contribution in [0.5, 0.6) is 0 Å². The molecule has 0 radical (unpaired) electrons. The van der Waals surface area contributed by atoms with Crippen LogP contribution in [0.25, 0.3) is 10.2 Å². The first-order valence-corrected chi connectivity index (χ1v) is 9.03. The Bertz CT molecular complexity index is 970. The predicted molar refractivity (Wildman–Crippen MR) is 94.8 cm³/mol. The first-order valence-electron chi connectivity index (χ1n) is 7.44. The number of aryl methyl sites for hydroxylation is 2. The number of carbonyl (C=O) groups excluding carboxylic acids is 1. The fourth-order valence-corrected chi connectivity index (χ4v) is 4.23. The Balaban J connectivity index is 1.87. The maximum atomic E-state index is 12.5. The monoisotopic (exact) mass is 363 g/mol. The second-order valence-corrected chi connectivity index (χ2v) is 7.65. The van der Waals surface area contributed by atoms with Gasteiger partial charge in [0.05, 0.1) is 33.7 Å². The number of nitrogens with one attached hydrogen (secondary N) is 1. The summed E-state index contributed by atoms with van der Waals surface area (Å²) in [6.45, 7) is 6.24. The zero-order valence-corrected chi connectivity index (χ0v) is 15.4. The summed E-state index contributed by atoms with van der Waals surface area (Å²) in [5.74, 6) is 0.0506. The van der Waals surface area contributed by atoms with Gasteiger partial charge in [-0.2, -0.15) is 0 Å². The van der Waals surface area contributed by atoms with E-state index < -0.39 is 0 Å². The lowest BCUT2D eigenvalue weighted by molar-refractivity contribution is 0.0955. The number of thiophene rings is 1. The van der Waals surface area contributed by atoms with Crippen molar-refractivity contribution in [3.63, 3.8) is 0 Å². The summed E-state index contributed by atoms with van der Waals surface area (Å²) in [6, 6.07) is 0. The normalized spacial score (nSPS) is 11.4. The summed E-state index contributed by atoms with van der Waals surface area (Å²) < 4.78 is 5.37. The molecule has 126 valence electrons. The average Bonchev–Trinajstić information content (AvgIpc) is 3.13. The van der Waals surface area contributed by atoms with Crippen LogP contribution >= 0.6 is 22.9 Å². The van der Waals surface area contributed by atoms with E-state index in [2.05, 4.69) is 19.9 Å². The van der Waals surface area contributed by atoms with Gasteiger partial charge in [-0.1, -0.05) is 18.3 Å². The molecular formula is C15H17N5O2S2. The molecule has 0 fully saturated rings. The Morgan fingerprint density at radius 3 is 2.88 bits per heavy atom. The lowest BCUT2D eigenvalue weighted by atomic mass is 10.1. The summed E-state index contributed by atoms with van der Waals surface area (Å²) >= 11 is 2.53. The molecule has 3 aromatic rings. The predicted octanol–water partition coefficient (Wildman–Crippen LogP) is 2.21. The first kappa shape index (κ1) is 16.7. The van der Waals surface area contributed by atoms with Gasteiger partial charge >= 0.3 is 0 Å². The van der Waals surface area contributed by atoms with Gasteiger partial charge in [0, 0.05) is 7.05 Å². The van der Waals surface area contributed by atoms with Crippen LogP contribution in [-0.4, -0.2) is 25.0 Å². The number of rotatable bonds is 4. The number of amides is 1. The van der Waals surface area contributed by atoms with Gasteiger partial charge in [0.25, 0.3) is 11.5 Å². The van der Waals surface area contributed by atoms with E-state index in [1.807, 2.05) is 13.8 Å². The molecule has 0 saturated heterocycles. The van der Waals surface area contributed by atoms with Gasteiger partial charge < -0.3 is 9.88 Å². The van der Waals surface area contributed by atoms with Crippen LogP contribution in [0.2, 0.25) is 0 Å². The smallest absolute Gasteiger partial charge is 0.262 e. The minimum atomic E-state index is -0.208. The van der Waals surface area contributed by atoms with Crippen LogP contribution in [0, 0.1) is 6.92 Å². The van der Waals surface area contributed by atoms with E-state index in [1.54, 1.807) is 14.0 Å². The minimum absolute atomic E-state index is 0.137. The molecule has 7 nitrogen and oxygen atoms in total. The topological polar surface area (TPSA) is 89.8 Å². The molecule has 0 aliphatic carbocycles. The molecule has 3 rings (SSSR count). The Kier molecular flexibility index (Phi) is 4.46. The molecule has 0 aromatic carbocycles.